The van der Waals surface area contributed by atoms with E-state index in [1.54, 1.807) is 30.6 Å². The second-order valence-electron chi connectivity index (χ2n) is 9.42. The molecule has 0 aliphatic carbocycles. The Morgan fingerprint density at radius 1 is 1.26 bits per heavy atom. The molecule has 0 amide bonds. The van der Waals surface area contributed by atoms with Gasteiger partial charge in [0.15, 0.2) is 0 Å². The number of nitrogens with zero attached hydrogens (tertiary/aromatic N) is 5. The second-order valence-corrected chi connectivity index (χ2v) is 9.42. The monoisotopic (exact) mass is 515 g/mol. The number of carbonyl (C=O) groups is 1. The maximum Gasteiger partial charge on any atom is 0.290 e. The fourth-order valence-electron chi connectivity index (χ4n) is 4.71. The SMILES string of the molecule is CCc1cc(O)ccc1N=C(N)c1cnn2cc(-c3cnccc3C)cc2c1NCC1CN(C)C1.O=CO. The highest BCUT2D eigenvalue weighted by Crippen LogP contribution is 2.31. The molecule has 0 saturated carbocycles. The van der Waals surface area contributed by atoms with Gasteiger partial charge in [-0.05, 0) is 61.9 Å². The van der Waals surface area contributed by atoms with E-state index in [9.17, 15) is 5.11 Å². The maximum absolute atomic E-state index is 9.86. The predicted molar refractivity (Wildman–Crippen MR) is 149 cm³/mol. The molecule has 10 nitrogen and oxygen atoms in total. The van der Waals surface area contributed by atoms with Crippen molar-refractivity contribution in [2.75, 3.05) is 32.0 Å². The molecular formula is C28H33N7O3. The molecule has 1 aliphatic heterocycles. The number of aliphatic imine (C=N–C) groups is 1. The number of amidine groups is 1. The summed E-state index contributed by atoms with van der Waals surface area (Å²) in [7, 11) is 2.13. The molecule has 3 aromatic heterocycles. The standard InChI is InChI=1S/C27H31N7O.CH2O2/c1-4-19-9-21(35)5-6-24(19)32-27(28)23-13-31-34-16-20(22-12-29-8-7-17(22)2)10-25(34)26(23)30-11-18-14-33(3)15-18;2-1-3/h5-10,12-13,16,18,30,35H,4,11,14-15H2,1-3H3,(H2,28,32);1H,(H,2,3). The van der Waals surface area contributed by atoms with E-state index in [1.165, 1.54) is 0 Å². The summed E-state index contributed by atoms with van der Waals surface area (Å²) in [4.78, 5) is 19.7. The summed E-state index contributed by atoms with van der Waals surface area (Å²) in [5.41, 5.74) is 14.2. The first-order chi connectivity index (χ1) is 18.3. The van der Waals surface area contributed by atoms with Crippen LogP contribution in [-0.2, 0) is 11.2 Å². The van der Waals surface area contributed by atoms with Crippen LogP contribution in [0.15, 0.2) is 60.1 Å². The van der Waals surface area contributed by atoms with Gasteiger partial charge in [-0.2, -0.15) is 5.10 Å². The van der Waals surface area contributed by atoms with Gasteiger partial charge in [0.05, 0.1) is 28.7 Å². The number of hydrogen-bond donors (Lipinski definition) is 4. The minimum absolute atomic E-state index is 0.224. The van der Waals surface area contributed by atoms with Gasteiger partial charge >= 0.3 is 0 Å². The molecule has 4 aromatic rings. The number of phenols is 1. The van der Waals surface area contributed by atoms with Crippen LogP contribution in [0.1, 0.15) is 23.6 Å². The molecule has 5 N–H and O–H groups in total. The Bertz CT molecular complexity index is 1460. The van der Waals surface area contributed by atoms with E-state index >= 15 is 0 Å². The van der Waals surface area contributed by atoms with Gasteiger partial charge in [-0.3, -0.25) is 9.78 Å². The van der Waals surface area contributed by atoms with Crippen molar-refractivity contribution >= 4 is 29.2 Å². The third-order valence-corrected chi connectivity index (χ3v) is 6.66. The first-order valence-corrected chi connectivity index (χ1v) is 12.4. The number of aromatic hydroxyl groups is 1. The number of likely N-dealkylation sites (tertiary alicyclic amines) is 1. The van der Waals surface area contributed by atoms with E-state index in [-0.39, 0.29) is 12.2 Å². The van der Waals surface area contributed by atoms with Gasteiger partial charge in [0.1, 0.15) is 11.6 Å². The molecule has 0 radical (unpaired) electrons. The first-order valence-electron chi connectivity index (χ1n) is 12.4. The molecule has 198 valence electrons. The minimum Gasteiger partial charge on any atom is -0.508 e. The number of aryl methyl sites for hydroxylation is 2. The molecule has 38 heavy (non-hydrogen) atoms. The van der Waals surface area contributed by atoms with E-state index < -0.39 is 0 Å². The highest BCUT2D eigenvalue weighted by Gasteiger charge is 2.24. The van der Waals surface area contributed by atoms with Crippen molar-refractivity contribution in [1.29, 1.82) is 0 Å². The maximum atomic E-state index is 9.86. The number of aromatic nitrogens is 3. The highest BCUT2D eigenvalue weighted by molar-refractivity contribution is 6.06. The van der Waals surface area contributed by atoms with E-state index in [0.717, 1.165) is 70.8 Å². The van der Waals surface area contributed by atoms with Crippen molar-refractivity contribution in [3.8, 4) is 16.9 Å². The van der Waals surface area contributed by atoms with Gasteiger partial charge in [0.25, 0.3) is 6.47 Å². The van der Waals surface area contributed by atoms with Crippen molar-refractivity contribution in [3.05, 3.63) is 71.8 Å². The van der Waals surface area contributed by atoms with E-state index in [0.29, 0.717) is 11.8 Å². The number of fused-ring (bicyclic) bond motifs is 1. The lowest BCUT2D eigenvalue weighted by atomic mass is 10.0. The molecule has 5 rings (SSSR count). The highest BCUT2D eigenvalue weighted by atomic mass is 16.3. The lowest BCUT2D eigenvalue weighted by molar-refractivity contribution is -0.122. The first kappa shape index (κ1) is 26.6. The summed E-state index contributed by atoms with van der Waals surface area (Å²) in [6, 6.07) is 9.30. The molecule has 0 spiro atoms. The predicted octanol–water partition coefficient (Wildman–Crippen LogP) is 3.68. The zero-order valence-electron chi connectivity index (χ0n) is 21.8. The number of anilines is 1. The van der Waals surface area contributed by atoms with Gasteiger partial charge < -0.3 is 26.2 Å². The zero-order chi connectivity index (χ0) is 27.2. The number of nitrogens with one attached hydrogen (secondary N) is 1. The molecule has 0 atom stereocenters. The Labute approximate surface area is 221 Å². The van der Waals surface area contributed by atoms with Gasteiger partial charge in [0, 0.05) is 55.3 Å². The summed E-state index contributed by atoms with van der Waals surface area (Å²) >= 11 is 0. The van der Waals surface area contributed by atoms with Crippen LogP contribution in [0.2, 0.25) is 0 Å². The average Bonchev–Trinajstić information content (AvgIpc) is 3.32. The summed E-state index contributed by atoms with van der Waals surface area (Å²) in [5.74, 6) is 1.19. The number of benzene rings is 1. The van der Waals surface area contributed by atoms with Gasteiger partial charge in [-0.1, -0.05) is 6.92 Å². The van der Waals surface area contributed by atoms with Crippen molar-refractivity contribution in [2.45, 2.75) is 20.3 Å². The number of nitrogens with two attached hydrogens (primary N) is 1. The van der Waals surface area contributed by atoms with E-state index in [2.05, 4.69) is 40.3 Å². The largest absolute Gasteiger partial charge is 0.508 e. The Balaban J connectivity index is 0.00000107. The summed E-state index contributed by atoms with van der Waals surface area (Å²) in [5, 5.41) is 25.1. The zero-order valence-corrected chi connectivity index (χ0v) is 21.8. The van der Waals surface area contributed by atoms with E-state index in [4.69, 9.17) is 20.6 Å². The molecule has 1 aromatic carbocycles. The molecular weight excluding hydrogens is 482 g/mol. The quantitative estimate of drug-likeness (QED) is 0.166. The summed E-state index contributed by atoms with van der Waals surface area (Å²) in [6.07, 6.45) is 8.22. The van der Waals surface area contributed by atoms with Gasteiger partial charge in [-0.25, -0.2) is 9.51 Å². The van der Waals surface area contributed by atoms with Crippen LogP contribution in [0.5, 0.6) is 5.75 Å². The lowest BCUT2D eigenvalue weighted by Crippen LogP contribution is -2.46. The molecule has 10 heteroatoms. The molecule has 0 unspecified atom stereocenters. The Morgan fingerprint density at radius 3 is 2.71 bits per heavy atom. The molecule has 0 bridgehead atoms. The summed E-state index contributed by atoms with van der Waals surface area (Å²) < 4.78 is 1.88. The topological polar surface area (TPSA) is 141 Å². The van der Waals surface area contributed by atoms with Crippen LogP contribution in [0.25, 0.3) is 16.6 Å². The molecule has 1 fully saturated rings. The van der Waals surface area contributed by atoms with Crippen LogP contribution in [0.4, 0.5) is 11.4 Å². The summed E-state index contributed by atoms with van der Waals surface area (Å²) in [6.45, 7) is 6.85. The number of phenolic OH excluding ortho intramolecular Hbond substituents is 1. The Kier molecular flexibility index (Phi) is 8.22. The van der Waals surface area contributed by atoms with Gasteiger partial charge in [0.2, 0.25) is 0 Å². The van der Waals surface area contributed by atoms with Crippen LogP contribution in [-0.4, -0.2) is 68.7 Å². The van der Waals surface area contributed by atoms with E-state index in [1.807, 2.05) is 29.9 Å². The number of rotatable bonds is 7. The Morgan fingerprint density at radius 2 is 2.03 bits per heavy atom. The number of hydrogen-bond acceptors (Lipinski definition) is 7. The second kappa shape index (κ2) is 11.7. The van der Waals surface area contributed by atoms with Crippen molar-refractivity contribution in [3.63, 3.8) is 0 Å². The van der Waals surface area contributed by atoms with Crippen molar-refractivity contribution < 1.29 is 15.0 Å². The minimum atomic E-state index is -0.250. The van der Waals surface area contributed by atoms with Crippen molar-refractivity contribution in [1.82, 2.24) is 19.5 Å². The fourth-order valence-corrected chi connectivity index (χ4v) is 4.71. The van der Waals surface area contributed by atoms with Crippen LogP contribution in [0, 0.1) is 12.8 Å². The fraction of sp³-hybridized carbons (Fsp3) is 0.286. The van der Waals surface area contributed by atoms with Crippen LogP contribution < -0.4 is 11.1 Å². The lowest BCUT2D eigenvalue weighted by Gasteiger charge is -2.36. The molecule has 4 heterocycles. The Hall–Kier alpha value is -4.44. The molecule has 1 aliphatic rings. The number of pyridine rings is 1. The smallest absolute Gasteiger partial charge is 0.290 e. The normalized spacial score (nSPS) is 14.0. The number of carboxylic acid groups (broad SMARTS) is 1. The van der Waals surface area contributed by atoms with Crippen LogP contribution in [0.3, 0.4) is 0 Å². The van der Waals surface area contributed by atoms with Gasteiger partial charge in [-0.15, -0.1) is 0 Å². The average molecular weight is 516 g/mol. The van der Waals surface area contributed by atoms with Crippen LogP contribution >= 0.6 is 0 Å². The van der Waals surface area contributed by atoms with Crippen molar-refractivity contribution in [2.24, 2.45) is 16.6 Å². The third-order valence-electron chi connectivity index (χ3n) is 6.66. The third kappa shape index (κ3) is 5.76. The molecule has 1 saturated heterocycles.